The topological polar surface area (TPSA) is 73.6 Å². The largest absolute Gasteiger partial charge is 0.416 e. The number of anilines is 1. The van der Waals surface area contributed by atoms with Crippen molar-refractivity contribution in [1.82, 2.24) is 0 Å². The molecule has 6 heteroatoms. The highest BCUT2D eigenvalue weighted by atomic mass is 19.4. The Balaban J connectivity index is 3.22. The Hall–Kier alpha value is -2.21. The maximum absolute atomic E-state index is 12.5. The van der Waals surface area contributed by atoms with Crippen LogP contribution in [0.2, 0.25) is 0 Å². The van der Waals surface area contributed by atoms with Crippen molar-refractivity contribution >= 4 is 5.69 Å². The lowest BCUT2D eigenvalue weighted by molar-refractivity contribution is -0.137. The lowest BCUT2D eigenvalue weighted by Gasteiger charge is -2.23. The van der Waals surface area contributed by atoms with Crippen LogP contribution in [0.5, 0.6) is 0 Å². The smallest absolute Gasteiger partial charge is 0.398 e. The van der Waals surface area contributed by atoms with Crippen molar-refractivity contribution < 1.29 is 13.2 Å². The number of nitriles is 2. The molecule has 0 aromatic heterocycles. The first-order chi connectivity index (χ1) is 8.74. The van der Waals surface area contributed by atoms with Crippen LogP contribution in [-0.2, 0) is 11.6 Å². The standard InChI is InChI=1S/C13H12F3N3/c1-12(8-18,5-2-6-17)10-4-3-9(7-11(10)19)13(14,15)16/h3-4,7H,2,5,19H2,1H3. The Morgan fingerprint density at radius 3 is 2.32 bits per heavy atom. The maximum Gasteiger partial charge on any atom is 0.416 e. The third kappa shape index (κ3) is 3.17. The van der Waals surface area contributed by atoms with Gasteiger partial charge in [0.1, 0.15) is 0 Å². The molecule has 0 aliphatic rings. The van der Waals surface area contributed by atoms with Crippen molar-refractivity contribution in [2.75, 3.05) is 5.73 Å². The van der Waals surface area contributed by atoms with E-state index in [0.717, 1.165) is 12.1 Å². The van der Waals surface area contributed by atoms with Gasteiger partial charge in [-0.1, -0.05) is 6.07 Å². The zero-order valence-electron chi connectivity index (χ0n) is 10.3. The molecular weight excluding hydrogens is 255 g/mol. The monoisotopic (exact) mass is 267 g/mol. The summed E-state index contributed by atoms with van der Waals surface area (Å²) >= 11 is 0. The Morgan fingerprint density at radius 1 is 1.26 bits per heavy atom. The van der Waals surface area contributed by atoms with Gasteiger partial charge in [-0.05, 0) is 31.0 Å². The number of hydrogen-bond acceptors (Lipinski definition) is 3. The summed E-state index contributed by atoms with van der Waals surface area (Å²) in [4.78, 5) is 0. The predicted octanol–water partition coefficient (Wildman–Crippen LogP) is 3.37. The average molecular weight is 267 g/mol. The fraction of sp³-hybridized carbons (Fsp3) is 0.385. The molecule has 0 aliphatic heterocycles. The third-order valence-corrected chi connectivity index (χ3v) is 2.96. The van der Waals surface area contributed by atoms with E-state index in [-0.39, 0.29) is 18.5 Å². The van der Waals surface area contributed by atoms with Crippen molar-refractivity contribution in [3.05, 3.63) is 29.3 Å². The minimum atomic E-state index is -4.47. The molecule has 0 saturated heterocycles. The van der Waals surface area contributed by atoms with Gasteiger partial charge in [-0.25, -0.2) is 0 Å². The Labute approximate surface area is 109 Å². The molecule has 0 amide bonds. The summed E-state index contributed by atoms with van der Waals surface area (Å²) in [6.07, 6.45) is -4.12. The van der Waals surface area contributed by atoms with Gasteiger partial charge in [0.05, 0.1) is 23.1 Å². The molecule has 0 radical (unpaired) electrons. The van der Waals surface area contributed by atoms with Gasteiger partial charge in [-0.15, -0.1) is 0 Å². The minimum absolute atomic E-state index is 0.0863. The molecule has 100 valence electrons. The average Bonchev–Trinajstić information content (AvgIpc) is 2.34. The van der Waals surface area contributed by atoms with E-state index >= 15 is 0 Å². The molecule has 1 atom stereocenters. The second kappa shape index (κ2) is 5.19. The van der Waals surface area contributed by atoms with Crippen molar-refractivity contribution in [1.29, 1.82) is 10.5 Å². The van der Waals surface area contributed by atoms with Crippen molar-refractivity contribution in [2.45, 2.75) is 31.4 Å². The summed E-state index contributed by atoms with van der Waals surface area (Å²) in [5.41, 5.74) is 3.93. The molecule has 0 bridgehead atoms. The van der Waals surface area contributed by atoms with E-state index in [1.807, 2.05) is 12.1 Å². The lowest BCUT2D eigenvalue weighted by atomic mass is 9.79. The molecule has 0 heterocycles. The van der Waals surface area contributed by atoms with E-state index in [1.165, 1.54) is 6.07 Å². The number of halogens is 3. The molecule has 1 aromatic rings. The molecule has 0 aliphatic carbocycles. The van der Waals surface area contributed by atoms with E-state index in [4.69, 9.17) is 11.0 Å². The Kier molecular flexibility index (Phi) is 4.06. The van der Waals surface area contributed by atoms with Gasteiger partial charge in [-0.2, -0.15) is 23.7 Å². The molecule has 19 heavy (non-hydrogen) atoms. The van der Waals surface area contributed by atoms with Crippen LogP contribution in [0.3, 0.4) is 0 Å². The van der Waals surface area contributed by atoms with Crippen LogP contribution in [-0.4, -0.2) is 0 Å². The van der Waals surface area contributed by atoms with Crippen LogP contribution in [0.25, 0.3) is 0 Å². The second-order valence-electron chi connectivity index (χ2n) is 4.40. The number of nitrogen functional groups attached to an aromatic ring is 1. The second-order valence-corrected chi connectivity index (χ2v) is 4.40. The highest BCUT2D eigenvalue weighted by Crippen LogP contribution is 2.36. The fourth-order valence-corrected chi connectivity index (χ4v) is 1.80. The summed E-state index contributed by atoms with van der Waals surface area (Å²) in [5.74, 6) is 0. The molecule has 0 spiro atoms. The molecule has 1 unspecified atom stereocenters. The fourth-order valence-electron chi connectivity index (χ4n) is 1.80. The number of hydrogen-bond donors (Lipinski definition) is 1. The van der Waals surface area contributed by atoms with Crippen LogP contribution in [0.15, 0.2) is 18.2 Å². The van der Waals surface area contributed by atoms with E-state index in [0.29, 0.717) is 5.56 Å². The Bertz CT molecular complexity index is 552. The van der Waals surface area contributed by atoms with Gasteiger partial charge >= 0.3 is 6.18 Å². The number of rotatable bonds is 3. The number of benzene rings is 1. The number of nitrogens with two attached hydrogens (primary N) is 1. The summed E-state index contributed by atoms with van der Waals surface area (Å²) in [6, 6.07) is 6.85. The quantitative estimate of drug-likeness (QED) is 0.853. The highest BCUT2D eigenvalue weighted by Gasteiger charge is 2.33. The molecule has 2 N–H and O–H groups in total. The van der Waals surface area contributed by atoms with Gasteiger partial charge in [0.25, 0.3) is 0 Å². The zero-order chi connectivity index (χ0) is 14.7. The summed E-state index contributed by atoms with van der Waals surface area (Å²) in [7, 11) is 0. The minimum Gasteiger partial charge on any atom is -0.398 e. The number of alkyl halides is 3. The first-order valence-electron chi connectivity index (χ1n) is 5.50. The zero-order valence-corrected chi connectivity index (χ0v) is 10.3. The van der Waals surface area contributed by atoms with Crippen LogP contribution in [0.1, 0.15) is 30.9 Å². The summed E-state index contributed by atoms with van der Waals surface area (Å²) < 4.78 is 37.6. The van der Waals surface area contributed by atoms with Crippen LogP contribution >= 0.6 is 0 Å². The molecule has 0 saturated carbocycles. The lowest BCUT2D eigenvalue weighted by Crippen LogP contribution is -2.21. The molecular formula is C13H12F3N3. The first-order valence-corrected chi connectivity index (χ1v) is 5.50. The summed E-state index contributed by atoms with van der Waals surface area (Å²) in [5, 5.41) is 17.7. The predicted molar refractivity (Wildman–Crippen MR) is 63.7 cm³/mol. The van der Waals surface area contributed by atoms with Crippen LogP contribution < -0.4 is 5.73 Å². The van der Waals surface area contributed by atoms with Crippen molar-refractivity contribution in [2.24, 2.45) is 0 Å². The Morgan fingerprint density at radius 2 is 1.89 bits per heavy atom. The van der Waals surface area contributed by atoms with E-state index in [2.05, 4.69) is 0 Å². The van der Waals surface area contributed by atoms with Crippen molar-refractivity contribution in [3.63, 3.8) is 0 Å². The van der Waals surface area contributed by atoms with Gasteiger partial charge in [0.2, 0.25) is 0 Å². The maximum atomic E-state index is 12.5. The SMILES string of the molecule is CC(C#N)(CCC#N)c1ccc(C(F)(F)F)cc1N. The van der Waals surface area contributed by atoms with E-state index in [1.54, 1.807) is 6.92 Å². The van der Waals surface area contributed by atoms with Gasteiger partial charge in [-0.3, -0.25) is 0 Å². The molecule has 0 fully saturated rings. The van der Waals surface area contributed by atoms with Crippen LogP contribution in [0, 0.1) is 22.7 Å². The normalized spacial score (nSPS) is 14.2. The third-order valence-electron chi connectivity index (χ3n) is 2.96. The molecule has 3 nitrogen and oxygen atoms in total. The van der Waals surface area contributed by atoms with Gasteiger partial charge in [0.15, 0.2) is 0 Å². The number of nitrogens with zero attached hydrogens (tertiary/aromatic N) is 2. The van der Waals surface area contributed by atoms with E-state index < -0.39 is 17.2 Å². The van der Waals surface area contributed by atoms with E-state index in [9.17, 15) is 18.4 Å². The van der Waals surface area contributed by atoms with Crippen LogP contribution in [0.4, 0.5) is 18.9 Å². The highest BCUT2D eigenvalue weighted by molar-refractivity contribution is 5.55. The van der Waals surface area contributed by atoms with Gasteiger partial charge < -0.3 is 5.73 Å². The van der Waals surface area contributed by atoms with Gasteiger partial charge in [0, 0.05) is 12.1 Å². The van der Waals surface area contributed by atoms with Crippen molar-refractivity contribution in [3.8, 4) is 12.1 Å². The molecule has 1 rings (SSSR count). The molecule has 1 aromatic carbocycles. The summed E-state index contributed by atoms with van der Waals surface area (Å²) in [6.45, 7) is 1.56. The first kappa shape index (κ1) is 14.8.